The third-order valence-electron chi connectivity index (χ3n) is 4.81. The van der Waals surface area contributed by atoms with Crippen molar-refractivity contribution >= 4 is 29.3 Å². The molecule has 0 unspecified atom stereocenters. The van der Waals surface area contributed by atoms with Gasteiger partial charge in [0.2, 0.25) is 0 Å². The van der Waals surface area contributed by atoms with Gasteiger partial charge < -0.3 is 5.32 Å². The number of carbonyl (C=O) groups excluding carboxylic acids is 3. The Hall–Kier alpha value is -2.66. The van der Waals surface area contributed by atoms with Gasteiger partial charge in [0.05, 0.1) is 6.54 Å². The number of Topliss-reactive ketones (excluding diaryl/α,β-unsaturated/α-hetero) is 1. The number of urea groups is 1. The van der Waals surface area contributed by atoms with Crippen molar-refractivity contribution in [2.75, 3.05) is 6.54 Å². The van der Waals surface area contributed by atoms with Gasteiger partial charge in [-0.05, 0) is 48.7 Å². The molecule has 2 aromatic carbocycles. The van der Waals surface area contributed by atoms with Gasteiger partial charge in [-0.25, -0.2) is 4.79 Å². The molecule has 1 N–H and O–H groups in total. The minimum absolute atomic E-state index is 0.310. The summed E-state index contributed by atoms with van der Waals surface area (Å²) >= 11 is 5.83. The van der Waals surface area contributed by atoms with Crippen LogP contribution in [0.25, 0.3) is 0 Å². The van der Waals surface area contributed by atoms with Gasteiger partial charge in [-0.2, -0.15) is 0 Å². The summed E-state index contributed by atoms with van der Waals surface area (Å²) in [6.07, 6.45) is 1.99. The molecule has 1 atom stereocenters. The molecule has 1 fully saturated rings. The molecular formula is C21H21ClN2O3. The van der Waals surface area contributed by atoms with Crippen molar-refractivity contribution in [3.8, 4) is 0 Å². The van der Waals surface area contributed by atoms with E-state index in [9.17, 15) is 14.4 Å². The number of hydrogen-bond acceptors (Lipinski definition) is 3. The van der Waals surface area contributed by atoms with E-state index in [4.69, 9.17) is 11.6 Å². The summed E-state index contributed by atoms with van der Waals surface area (Å²) in [5, 5.41) is 3.24. The number of benzene rings is 2. The van der Waals surface area contributed by atoms with Crippen molar-refractivity contribution in [1.82, 2.24) is 10.2 Å². The average molecular weight is 385 g/mol. The maximum atomic E-state index is 12.9. The topological polar surface area (TPSA) is 66.5 Å². The van der Waals surface area contributed by atoms with Gasteiger partial charge in [-0.1, -0.05) is 49.2 Å². The lowest BCUT2D eigenvalue weighted by atomic mass is 9.91. The van der Waals surface area contributed by atoms with Gasteiger partial charge >= 0.3 is 6.03 Å². The first kappa shape index (κ1) is 19.1. The zero-order valence-corrected chi connectivity index (χ0v) is 16.0. The Kier molecular flexibility index (Phi) is 5.33. The minimum atomic E-state index is -1.18. The van der Waals surface area contributed by atoms with Crippen LogP contribution in [0.2, 0.25) is 5.02 Å². The summed E-state index contributed by atoms with van der Waals surface area (Å²) in [7, 11) is 0. The molecule has 1 aliphatic heterocycles. The number of nitrogens with zero attached hydrogens (tertiary/aromatic N) is 1. The molecule has 0 spiro atoms. The summed E-state index contributed by atoms with van der Waals surface area (Å²) in [4.78, 5) is 38.7. The fourth-order valence-electron chi connectivity index (χ4n) is 3.20. The fourth-order valence-corrected chi connectivity index (χ4v) is 3.33. The van der Waals surface area contributed by atoms with Crippen molar-refractivity contribution in [2.24, 2.45) is 0 Å². The van der Waals surface area contributed by atoms with E-state index in [0.717, 1.165) is 17.7 Å². The van der Waals surface area contributed by atoms with E-state index in [1.54, 1.807) is 31.2 Å². The van der Waals surface area contributed by atoms with E-state index in [1.165, 1.54) is 5.56 Å². The van der Waals surface area contributed by atoms with E-state index in [2.05, 4.69) is 12.2 Å². The average Bonchev–Trinajstić information content (AvgIpc) is 2.87. The highest BCUT2D eigenvalue weighted by molar-refractivity contribution is 6.30. The van der Waals surface area contributed by atoms with Crippen LogP contribution in [0.1, 0.15) is 41.8 Å². The SMILES string of the molecule is CCCc1ccc([C@@]2(C)NC(=O)N(CC(=O)c3ccc(Cl)cc3)C2=O)cc1. The van der Waals surface area contributed by atoms with Crippen LogP contribution in [0.3, 0.4) is 0 Å². The number of imide groups is 1. The van der Waals surface area contributed by atoms with E-state index in [1.807, 2.05) is 24.3 Å². The number of ketones is 1. The Balaban J connectivity index is 1.79. The van der Waals surface area contributed by atoms with Crippen molar-refractivity contribution in [1.29, 1.82) is 0 Å². The monoisotopic (exact) mass is 384 g/mol. The van der Waals surface area contributed by atoms with Crippen LogP contribution < -0.4 is 5.32 Å². The summed E-state index contributed by atoms with van der Waals surface area (Å²) in [5.74, 6) is -0.754. The number of rotatable bonds is 6. The van der Waals surface area contributed by atoms with E-state index in [0.29, 0.717) is 16.1 Å². The van der Waals surface area contributed by atoms with Crippen LogP contribution in [0.5, 0.6) is 0 Å². The molecule has 0 bridgehead atoms. The zero-order chi connectivity index (χ0) is 19.6. The van der Waals surface area contributed by atoms with Gasteiger partial charge in [0.1, 0.15) is 5.54 Å². The second kappa shape index (κ2) is 7.53. The second-order valence-corrected chi connectivity index (χ2v) is 7.26. The lowest BCUT2D eigenvalue weighted by molar-refractivity contribution is -0.130. The molecule has 0 radical (unpaired) electrons. The first-order valence-electron chi connectivity index (χ1n) is 8.87. The number of halogens is 1. The number of amides is 3. The molecule has 6 heteroatoms. The Morgan fingerprint density at radius 2 is 1.70 bits per heavy atom. The lowest BCUT2D eigenvalue weighted by Crippen LogP contribution is -2.41. The van der Waals surface area contributed by atoms with Gasteiger partial charge in [-0.3, -0.25) is 14.5 Å². The highest BCUT2D eigenvalue weighted by Gasteiger charge is 2.49. The van der Waals surface area contributed by atoms with Crippen molar-refractivity contribution in [3.63, 3.8) is 0 Å². The molecule has 1 saturated heterocycles. The summed E-state index contributed by atoms with van der Waals surface area (Å²) in [6.45, 7) is 3.45. The molecule has 3 amide bonds. The molecule has 3 rings (SSSR count). The smallest absolute Gasteiger partial charge is 0.319 e. The third-order valence-corrected chi connectivity index (χ3v) is 5.06. The Labute approximate surface area is 163 Å². The third kappa shape index (κ3) is 3.74. The number of aryl methyl sites for hydroxylation is 1. The molecule has 1 heterocycles. The highest BCUT2D eigenvalue weighted by atomic mass is 35.5. The first-order chi connectivity index (χ1) is 12.8. The molecular weight excluding hydrogens is 364 g/mol. The summed E-state index contributed by atoms with van der Waals surface area (Å²) in [5.41, 5.74) is 1.10. The fraction of sp³-hybridized carbons (Fsp3) is 0.286. The standard InChI is InChI=1S/C21H21ClN2O3/c1-3-4-14-5-9-16(10-6-14)21(2)19(26)24(20(27)23-21)13-18(25)15-7-11-17(22)12-8-15/h5-12H,3-4,13H2,1-2H3,(H,23,27)/t21-/m1/s1. The molecule has 0 aliphatic carbocycles. The summed E-state index contributed by atoms with van der Waals surface area (Å²) < 4.78 is 0. The summed E-state index contributed by atoms with van der Waals surface area (Å²) in [6, 6.07) is 13.4. The molecule has 0 aromatic heterocycles. The van der Waals surface area contributed by atoms with E-state index in [-0.39, 0.29) is 12.3 Å². The Morgan fingerprint density at radius 3 is 2.30 bits per heavy atom. The second-order valence-electron chi connectivity index (χ2n) is 6.82. The largest absolute Gasteiger partial charge is 0.325 e. The maximum Gasteiger partial charge on any atom is 0.325 e. The van der Waals surface area contributed by atoms with Gasteiger partial charge in [0.25, 0.3) is 5.91 Å². The van der Waals surface area contributed by atoms with E-state index < -0.39 is 17.5 Å². The Morgan fingerprint density at radius 1 is 1.07 bits per heavy atom. The molecule has 0 saturated carbocycles. The quantitative estimate of drug-likeness (QED) is 0.606. The van der Waals surface area contributed by atoms with Crippen LogP contribution in [0.15, 0.2) is 48.5 Å². The van der Waals surface area contributed by atoms with Crippen molar-refractivity contribution in [3.05, 3.63) is 70.2 Å². The normalized spacial score (nSPS) is 19.3. The zero-order valence-electron chi connectivity index (χ0n) is 15.3. The molecule has 1 aliphatic rings. The number of carbonyl (C=O) groups is 3. The Bertz CT molecular complexity index is 877. The van der Waals surface area contributed by atoms with Crippen LogP contribution >= 0.6 is 11.6 Å². The predicted octanol–water partition coefficient (Wildman–Crippen LogP) is 3.94. The predicted molar refractivity (Wildman–Crippen MR) is 104 cm³/mol. The van der Waals surface area contributed by atoms with Crippen LogP contribution in [-0.2, 0) is 16.8 Å². The minimum Gasteiger partial charge on any atom is -0.319 e. The lowest BCUT2D eigenvalue weighted by Gasteiger charge is -2.22. The van der Waals surface area contributed by atoms with Gasteiger partial charge in [-0.15, -0.1) is 0 Å². The van der Waals surface area contributed by atoms with Gasteiger partial charge in [0.15, 0.2) is 5.78 Å². The van der Waals surface area contributed by atoms with Crippen LogP contribution in [0, 0.1) is 0 Å². The van der Waals surface area contributed by atoms with Gasteiger partial charge in [0, 0.05) is 10.6 Å². The highest BCUT2D eigenvalue weighted by Crippen LogP contribution is 2.29. The van der Waals surface area contributed by atoms with Crippen molar-refractivity contribution < 1.29 is 14.4 Å². The molecule has 5 nitrogen and oxygen atoms in total. The number of nitrogens with one attached hydrogen (secondary N) is 1. The maximum absolute atomic E-state index is 12.9. The molecule has 2 aromatic rings. The first-order valence-corrected chi connectivity index (χ1v) is 9.25. The molecule has 140 valence electrons. The van der Waals surface area contributed by atoms with E-state index >= 15 is 0 Å². The molecule has 27 heavy (non-hydrogen) atoms. The number of hydrogen-bond donors (Lipinski definition) is 1. The van der Waals surface area contributed by atoms with Crippen LogP contribution in [-0.4, -0.2) is 29.2 Å². The van der Waals surface area contributed by atoms with Crippen molar-refractivity contribution in [2.45, 2.75) is 32.2 Å². The van der Waals surface area contributed by atoms with Crippen LogP contribution in [0.4, 0.5) is 4.79 Å².